The van der Waals surface area contributed by atoms with E-state index in [1.165, 1.54) is 17.0 Å². The molecule has 2 aliphatic heterocycles. The van der Waals surface area contributed by atoms with Crippen LogP contribution in [0.2, 0.25) is 5.02 Å². The van der Waals surface area contributed by atoms with E-state index in [0.717, 1.165) is 17.3 Å². The average molecular weight is 460 g/mol. The van der Waals surface area contributed by atoms with Crippen molar-refractivity contribution in [3.8, 4) is 0 Å². The molecule has 9 heteroatoms. The van der Waals surface area contributed by atoms with Gasteiger partial charge in [-0.1, -0.05) is 18.5 Å². The second kappa shape index (κ2) is 8.52. The summed E-state index contributed by atoms with van der Waals surface area (Å²) in [7, 11) is 0. The lowest BCUT2D eigenvalue weighted by atomic mass is 10.0. The zero-order chi connectivity index (χ0) is 23.0. The Morgan fingerprint density at radius 1 is 1.22 bits per heavy atom. The third-order valence-electron chi connectivity index (χ3n) is 5.92. The van der Waals surface area contributed by atoms with Crippen LogP contribution >= 0.6 is 11.6 Å². The summed E-state index contributed by atoms with van der Waals surface area (Å²) in [5.41, 5.74) is 0.550. The highest BCUT2D eigenvalue weighted by atomic mass is 35.5. The highest BCUT2D eigenvalue weighted by Gasteiger charge is 2.51. The molecule has 1 fully saturated rings. The molecule has 4 rings (SSSR count). The van der Waals surface area contributed by atoms with Crippen molar-refractivity contribution in [1.29, 1.82) is 0 Å². The normalized spacial score (nSPS) is 19.9. The molecular formula is C23H23ClFN3O4. The zero-order valence-electron chi connectivity index (χ0n) is 17.5. The molecule has 0 aliphatic carbocycles. The van der Waals surface area contributed by atoms with Gasteiger partial charge in [-0.15, -0.1) is 0 Å². The van der Waals surface area contributed by atoms with Crippen molar-refractivity contribution in [3.05, 3.63) is 58.4 Å². The van der Waals surface area contributed by atoms with Gasteiger partial charge in [-0.25, -0.2) is 4.39 Å². The molecule has 2 aromatic carbocycles. The number of nitrogens with one attached hydrogen (secondary N) is 1. The summed E-state index contributed by atoms with van der Waals surface area (Å²) in [4.78, 5) is 40.8. The smallest absolute Gasteiger partial charge is 0.268 e. The van der Waals surface area contributed by atoms with Gasteiger partial charge in [0.05, 0.1) is 0 Å². The predicted octanol–water partition coefficient (Wildman–Crippen LogP) is 2.56. The van der Waals surface area contributed by atoms with Gasteiger partial charge < -0.3 is 20.2 Å². The molecule has 32 heavy (non-hydrogen) atoms. The fraction of sp³-hybridized carbons (Fsp3) is 0.348. The minimum Gasteiger partial charge on any atom is -0.372 e. The summed E-state index contributed by atoms with van der Waals surface area (Å²) in [6, 6.07) is 9.20. The van der Waals surface area contributed by atoms with E-state index in [2.05, 4.69) is 5.32 Å². The highest BCUT2D eigenvalue weighted by molar-refractivity contribution is 6.30. The number of hydrogen-bond donors (Lipinski definition) is 2. The van der Waals surface area contributed by atoms with Gasteiger partial charge in [0.2, 0.25) is 11.5 Å². The molecule has 2 aliphatic rings. The SMILES string of the molecule is CCC(=O)N1CCc2cc(N3CCC(O)(C(=O)NCc4cc(F)cc(Cl)c4)C3=O)ccc21. The maximum Gasteiger partial charge on any atom is 0.268 e. The lowest BCUT2D eigenvalue weighted by Gasteiger charge is -2.22. The molecule has 1 unspecified atom stereocenters. The minimum atomic E-state index is -2.21. The molecule has 0 spiro atoms. The molecule has 0 saturated carbocycles. The quantitative estimate of drug-likeness (QED) is 0.672. The number of anilines is 2. The summed E-state index contributed by atoms with van der Waals surface area (Å²) in [6.45, 7) is 2.50. The van der Waals surface area contributed by atoms with Gasteiger partial charge in [-0.2, -0.15) is 0 Å². The number of aliphatic hydroxyl groups is 1. The fourth-order valence-corrected chi connectivity index (χ4v) is 4.45. The molecule has 168 valence electrons. The van der Waals surface area contributed by atoms with E-state index < -0.39 is 23.2 Å². The first kappa shape index (κ1) is 22.2. The number of hydrogen-bond acceptors (Lipinski definition) is 4. The highest BCUT2D eigenvalue weighted by Crippen LogP contribution is 2.35. The van der Waals surface area contributed by atoms with Crippen LogP contribution in [-0.2, 0) is 27.3 Å². The van der Waals surface area contributed by atoms with Crippen LogP contribution in [-0.4, -0.2) is 41.5 Å². The molecule has 2 N–H and O–H groups in total. The van der Waals surface area contributed by atoms with Crippen LogP contribution in [0.1, 0.15) is 30.9 Å². The lowest BCUT2D eigenvalue weighted by Crippen LogP contribution is -2.52. The standard InChI is InChI=1S/C23H23ClFN3O4/c1-2-20(29)28-7-5-15-11-18(3-4-19(15)28)27-8-6-23(32,22(27)31)21(30)26-13-14-9-16(24)12-17(25)10-14/h3-4,9-12,32H,2,5-8,13H2,1H3,(H,26,30). The van der Waals surface area contributed by atoms with Crippen LogP contribution in [0, 0.1) is 5.82 Å². The van der Waals surface area contributed by atoms with E-state index in [1.54, 1.807) is 17.0 Å². The minimum absolute atomic E-state index is 0.0411. The zero-order valence-corrected chi connectivity index (χ0v) is 18.3. The largest absolute Gasteiger partial charge is 0.372 e. The van der Waals surface area contributed by atoms with Gasteiger partial charge in [-0.3, -0.25) is 14.4 Å². The van der Waals surface area contributed by atoms with E-state index in [9.17, 15) is 23.9 Å². The number of fused-ring (bicyclic) bond motifs is 1. The number of halogens is 2. The van der Waals surface area contributed by atoms with Gasteiger partial charge in [-0.05, 0) is 53.9 Å². The van der Waals surface area contributed by atoms with Crippen LogP contribution in [0.3, 0.4) is 0 Å². The number of nitrogens with zero attached hydrogens (tertiary/aromatic N) is 2. The summed E-state index contributed by atoms with van der Waals surface area (Å²) in [5.74, 6) is -2.06. The summed E-state index contributed by atoms with van der Waals surface area (Å²) in [5, 5.41) is 13.5. The molecular weight excluding hydrogens is 437 g/mol. The molecule has 1 atom stereocenters. The Balaban J connectivity index is 1.47. The summed E-state index contributed by atoms with van der Waals surface area (Å²) >= 11 is 5.82. The number of amides is 3. The van der Waals surface area contributed by atoms with E-state index in [4.69, 9.17) is 11.6 Å². The third kappa shape index (κ3) is 3.96. The number of carbonyl (C=O) groups excluding carboxylic acids is 3. The first-order chi connectivity index (χ1) is 15.2. The maximum absolute atomic E-state index is 13.5. The Hall–Kier alpha value is -2.97. The molecule has 2 aromatic rings. The molecule has 7 nitrogen and oxygen atoms in total. The number of benzene rings is 2. The van der Waals surface area contributed by atoms with E-state index in [0.29, 0.717) is 30.6 Å². The third-order valence-corrected chi connectivity index (χ3v) is 6.14. The van der Waals surface area contributed by atoms with Gasteiger partial charge in [0.15, 0.2) is 0 Å². The van der Waals surface area contributed by atoms with Gasteiger partial charge >= 0.3 is 0 Å². The first-order valence-corrected chi connectivity index (χ1v) is 10.8. The monoisotopic (exact) mass is 459 g/mol. The van der Waals surface area contributed by atoms with Crippen molar-refractivity contribution in [2.24, 2.45) is 0 Å². The molecule has 0 radical (unpaired) electrons. The van der Waals surface area contributed by atoms with Crippen molar-refractivity contribution in [1.82, 2.24) is 5.32 Å². The van der Waals surface area contributed by atoms with E-state index in [-0.39, 0.29) is 30.4 Å². The van der Waals surface area contributed by atoms with Crippen molar-refractivity contribution in [3.63, 3.8) is 0 Å². The van der Waals surface area contributed by atoms with E-state index >= 15 is 0 Å². The topological polar surface area (TPSA) is 89.9 Å². The van der Waals surface area contributed by atoms with Gasteiger partial charge in [0.25, 0.3) is 11.8 Å². The van der Waals surface area contributed by atoms with Crippen LogP contribution < -0.4 is 15.1 Å². The second-order valence-electron chi connectivity index (χ2n) is 7.99. The van der Waals surface area contributed by atoms with Crippen LogP contribution in [0.4, 0.5) is 15.8 Å². The number of carbonyl (C=O) groups is 3. The van der Waals surface area contributed by atoms with Gasteiger partial charge in [0.1, 0.15) is 5.82 Å². The van der Waals surface area contributed by atoms with Crippen LogP contribution in [0.15, 0.2) is 36.4 Å². The Labute approximate surface area is 189 Å². The Morgan fingerprint density at radius 2 is 2.00 bits per heavy atom. The fourth-order valence-electron chi connectivity index (χ4n) is 4.21. The summed E-state index contributed by atoms with van der Waals surface area (Å²) in [6.07, 6.45) is 1.02. The van der Waals surface area contributed by atoms with Crippen LogP contribution in [0.25, 0.3) is 0 Å². The van der Waals surface area contributed by atoms with Crippen LogP contribution in [0.5, 0.6) is 0 Å². The van der Waals surface area contributed by atoms with E-state index in [1.807, 2.05) is 13.0 Å². The molecule has 1 saturated heterocycles. The predicted molar refractivity (Wildman–Crippen MR) is 118 cm³/mol. The van der Waals surface area contributed by atoms with Crippen molar-refractivity contribution in [2.75, 3.05) is 22.9 Å². The van der Waals surface area contributed by atoms with Crippen molar-refractivity contribution >= 4 is 40.7 Å². The Kier molecular flexibility index (Phi) is 5.92. The molecule has 0 aromatic heterocycles. The van der Waals surface area contributed by atoms with Crippen molar-refractivity contribution in [2.45, 2.75) is 38.3 Å². The molecule has 2 heterocycles. The average Bonchev–Trinajstić information content (AvgIpc) is 3.32. The van der Waals surface area contributed by atoms with Crippen molar-refractivity contribution < 1.29 is 23.9 Å². The molecule has 3 amide bonds. The van der Waals surface area contributed by atoms with Gasteiger partial charge in [0, 0.05) is 48.9 Å². The summed E-state index contributed by atoms with van der Waals surface area (Å²) < 4.78 is 13.5. The first-order valence-electron chi connectivity index (χ1n) is 10.4. The Morgan fingerprint density at radius 3 is 2.72 bits per heavy atom. The maximum atomic E-state index is 13.5. The second-order valence-corrected chi connectivity index (χ2v) is 8.43. The number of rotatable bonds is 5. The lowest BCUT2D eigenvalue weighted by molar-refractivity contribution is -0.149. The Bertz CT molecular complexity index is 1090. The molecule has 0 bridgehead atoms.